The SMILES string of the molecule is O=C(OCC(=O)N1CCN(S(=O)(=O)c2ccccc2)CC1)[C@H](O)c1ccccc1. The molecule has 8 nitrogen and oxygen atoms in total. The smallest absolute Gasteiger partial charge is 0.340 e. The Bertz CT molecular complexity index is 941. The number of amides is 1. The summed E-state index contributed by atoms with van der Waals surface area (Å²) in [6.45, 7) is 0.203. The van der Waals surface area contributed by atoms with Crippen LogP contribution in [0.2, 0.25) is 0 Å². The van der Waals surface area contributed by atoms with Crippen molar-refractivity contribution in [2.45, 2.75) is 11.0 Å². The molecular weight excluding hydrogens is 396 g/mol. The van der Waals surface area contributed by atoms with E-state index in [2.05, 4.69) is 0 Å². The highest BCUT2D eigenvalue weighted by atomic mass is 32.2. The normalized spacial score (nSPS) is 16.2. The molecule has 1 amide bonds. The summed E-state index contributed by atoms with van der Waals surface area (Å²) < 4.78 is 31.5. The van der Waals surface area contributed by atoms with Crippen LogP contribution < -0.4 is 0 Å². The molecule has 0 spiro atoms. The molecule has 9 heteroatoms. The van der Waals surface area contributed by atoms with Crippen molar-refractivity contribution in [2.75, 3.05) is 32.8 Å². The van der Waals surface area contributed by atoms with Gasteiger partial charge in [0.1, 0.15) is 0 Å². The van der Waals surface area contributed by atoms with E-state index in [-0.39, 0.29) is 31.1 Å². The maximum Gasteiger partial charge on any atom is 0.340 e. The van der Waals surface area contributed by atoms with E-state index in [1.54, 1.807) is 48.5 Å². The number of esters is 1. The topological polar surface area (TPSA) is 104 Å². The number of aliphatic hydroxyl groups is 1. The van der Waals surface area contributed by atoms with Crippen LogP contribution in [0.1, 0.15) is 11.7 Å². The molecule has 1 atom stereocenters. The van der Waals surface area contributed by atoms with E-state index in [1.807, 2.05) is 0 Å². The third-order valence-corrected chi connectivity index (χ3v) is 6.56. The molecule has 0 unspecified atom stereocenters. The van der Waals surface area contributed by atoms with E-state index in [0.29, 0.717) is 5.56 Å². The number of hydrogen-bond acceptors (Lipinski definition) is 6. The monoisotopic (exact) mass is 418 g/mol. The molecule has 1 saturated heterocycles. The largest absolute Gasteiger partial charge is 0.453 e. The lowest BCUT2D eigenvalue weighted by molar-refractivity contribution is -0.160. The molecule has 1 aliphatic heterocycles. The van der Waals surface area contributed by atoms with E-state index >= 15 is 0 Å². The Labute approximate surface area is 169 Å². The van der Waals surface area contributed by atoms with Gasteiger partial charge in [0.25, 0.3) is 5.91 Å². The number of nitrogens with zero attached hydrogens (tertiary/aromatic N) is 2. The predicted octanol–water partition coefficient (Wildman–Crippen LogP) is 0.796. The Hall–Kier alpha value is -2.75. The van der Waals surface area contributed by atoms with Crippen LogP contribution in [0, 0.1) is 0 Å². The van der Waals surface area contributed by atoms with Crippen LogP contribution >= 0.6 is 0 Å². The highest BCUT2D eigenvalue weighted by Gasteiger charge is 2.30. The summed E-state index contributed by atoms with van der Waals surface area (Å²) in [5.41, 5.74) is 0.379. The van der Waals surface area contributed by atoms with Gasteiger partial charge in [-0.25, -0.2) is 13.2 Å². The zero-order valence-electron chi connectivity index (χ0n) is 15.7. The summed E-state index contributed by atoms with van der Waals surface area (Å²) >= 11 is 0. The molecule has 29 heavy (non-hydrogen) atoms. The Kier molecular flexibility index (Phi) is 6.63. The van der Waals surface area contributed by atoms with Crippen molar-refractivity contribution in [2.24, 2.45) is 0 Å². The lowest BCUT2D eigenvalue weighted by Gasteiger charge is -2.33. The van der Waals surface area contributed by atoms with Crippen LogP contribution in [0.15, 0.2) is 65.6 Å². The van der Waals surface area contributed by atoms with Crippen molar-refractivity contribution in [1.82, 2.24) is 9.21 Å². The van der Waals surface area contributed by atoms with Crippen molar-refractivity contribution in [3.05, 3.63) is 66.2 Å². The molecule has 3 rings (SSSR count). The Balaban J connectivity index is 1.49. The molecule has 0 aromatic heterocycles. The van der Waals surface area contributed by atoms with Gasteiger partial charge in [-0.2, -0.15) is 4.31 Å². The minimum atomic E-state index is -3.60. The zero-order valence-corrected chi connectivity index (χ0v) is 16.5. The first-order valence-electron chi connectivity index (χ1n) is 9.12. The van der Waals surface area contributed by atoms with Gasteiger partial charge >= 0.3 is 5.97 Å². The molecule has 1 heterocycles. The lowest BCUT2D eigenvalue weighted by atomic mass is 10.1. The second kappa shape index (κ2) is 9.17. The molecule has 2 aromatic rings. The fourth-order valence-corrected chi connectivity index (χ4v) is 4.44. The summed E-state index contributed by atoms with van der Waals surface area (Å²) in [5.74, 6) is -1.34. The number of rotatable bonds is 6. The third-order valence-electron chi connectivity index (χ3n) is 4.65. The van der Waals surface area contributed by atoms with Gasteiger partial charge in [0, 0.05) is 26.2 Å². The lowest BCUT2D eigenvalue weighted by Crippen LogP contribution is -2.51. The summed E-state index contributed by atoms with van der Waals surface area (Å²) in [6, 6.07) is 16.4. The molecule has 1 aliphatic rings. The molecule has 0 aliphatic carbocycles. The summed E-state index contributed by atoms with van der Waals surface area (Å²) in [5, 5.41) is 9.97. The van der Waals surface area contributed by atoms with Gasteiger partial charge in [-0.15, -0.1) is 0 Å². The molecule has 2 aromatic carbocycles. The fourth-order valence-electron chi connectivity index (χ4n) is 2.99. The number of piperazine rings is 1. The number of benzene rings is 2. The van der Waals surface area contributed by atoms with Gasteiger partial charge < -0.3 is 14.7 Å². The molecule has 0 saturated carbocycles. The second-order valence-electron chi connectivity index (χ2n) is 6.52. The number of carbonyl (C=O) groups is 2. The summed E-state index contributed by atoms with van der Waals surface area (Å²) in [6.07, 6.45) is -1.46. The van der Waals surface area contributed by atoms with Crippen molar-refractivity contribution in [3.8, 4) is 0 Å². The number of sulfonamides is 1. The molecule has 0 radical (unpaired) electrons. The third kappa shape index (κ3) is 5.00. The molecule has 1 N–H and O–H groups in total. The standard InChI is InChI=1S/C20H22N2O6S/c23-18(15-28-20(25)19(24)16-7-3-1-4-8-16)21-11-13-22(14-12-21)29(26,27)17-9-5-2-6-10-17/h1-10,19,24H,11-15H2/t19-/m1/s1. The summed E-state index contributed by atoms with van der Waals surface area (Å²) in [4.78, 5) is 25.9. The molecule has 0 bridgehead atoms. The van der Waals surface area contributed by atoms with Crippen molar-refractivity contribution < 1.29 is 27.9 Å². The van der Waals surface area contributed by atoms with Gasteiger partial charge in [0.05, 0.1) is 4.90 Å². The predicted molar refractivity (Wildman–Crippen MR) is 104 cm³/mol. The Morgan fingerprint density at radius 2 is 1.48 bits per heavy atom. The van der Waals surface area contributed by atoms with Gasteiger partial charge in [-0.3, -0.25) is 4.79 Å². The summed E-state index contributed by atoms with van der Waals surface area (Å²) in [7, 11) is -3.60. The van der Waals surface area contributed by atoms with Crippen LogP contribution in [-0.2, 0) is 24.3 Å². The number of hydrogen-bond donors (Lipinski definition) is 1. The minimum absolute atomic E-state index is 0.156. The molecule has 1 fully saturated rings. The highest BCUT2D eigenvalue weighted by Crippen LogP contribution is 2.18. The maximum absolute atomic E-state index is 12.6. The maximum atomic E-state index is 12.6. The van der Waals surface area contributed by atoms with Crippen LogP contribution in [-0.4, -0.2) is 67.4 Å². The van der Waals surface area contributed by atoms with E-state index in [0.717, 1.165) is 0 Å². The van der Waals surface area contributed by atoms with E-state index in [9.17, 15) is 23.1 Å². The van der Waals surface area contributed by atoms with Crippen LogP contribution in [0.25, 0.3) is 0 Å². The van der Waals surface area contributed by atoms with Crippen LogP contribution in [0.5, 0.6) is 0 Å². The van der Waals surface area contributed by atoms with E-state index < -0.39 is 34.6 Å². The van der Waals surface area contributed by atoms with Gasteiger partial charge in [0.2, 0.25) is 10.0 Å². The van der Waals surface area contributed by atoms with E-state index in [4.69, 9.17) is 4.74 Å². The van der Waals surface area contributed by atoms with E-state index in [1.165, 1.54) is 21.3 Å². The first kappa shape index (κ1) is 21.0. The average Bonchev–Trinajstić information content (AvgIpc) is 2.78. The Morgan fingerprint density at radius 3 is 2.07 bits per heavy atom. The van der Waals surface area contributed by atoms with Gasteiger partial charge in [0.15, 0.2) is 12.7 Å². The Morgan fingerprint density at radius 1 is 0.931 bits per heavy atom. The van der Waals surface area contributed by atoms with Gasteiger partial charge in [-0.05, 0) is 17.7 Å². The minimum Gasteiger partial charge on any atom is -0.453 e. The van der Waals surface area contributed by atoms with Crippen molar-refractivity contribution >= 4 is 21.9 Å². The number of ether oxygens (including phenoxy) is 1. The first-order chi connectivity index (χ1) is 13.9. The van der Waals surface area contributed by atoms with Gasteiger partial charge in [-0.1, -0.05) is 48.5 Å². The quantitative estimate of drug-likeness (QED) is 0.696. The number of carbonyl (C=O) groups excluding carboxylic acids is 2. The van der Waals surface area contributed by atoms with Crippen molar-refractivity contribution in [3.63, 3.8) is 0 Å². The molecular formula is C20H22N2O6S. The second-order valence-corrected chi connectivity index (χ2v) is 8.46. The highest BCUT2D eigenvalue weighted by molar-refractivity contribution is 7.89. The zero-order chi connectivity index (χ0) is 20.9. The van der Waals surface area contributed by atoms with Crippen molar-refractivity contribution in [1.29, 1.82) is 0 Å². The number of aliphatic hydroxyl groups excluding tert-OH is 1. The average molecular weight is 418 g/mol. The first-order valence-corrected chi connectivity index (χ1v) is 10.6. The van der Waals surface area contributed by atoms with Crippen LogP contribution in [0.3, 0.4) is 0 Å². The van der Waals surface area contributed by atoms with Crippen LogP contribution in [0.4, 0.5) is 0 Å². The molecule has 154 valence electrons. The fraction of sp³-hybridized carbons (Fsp3) is 0.300.